The largest absolute Gasteiger partial charge is 0.313 e. The van der Waals surface area contributed by atoms with E-state index in [-0.39, 0.29) is 6.04 Å². The van der Waals surface area contributed by atoms with Gasteiger partial charge in [0.25, 0.3) is 0 Å². The molecular weight excluding hydrogens is 308 g/mol. The van der Waals surface area contributed by atoms with E-state index in [9.17, 15) is 8.42 Å². The van der Waals surface area contributed by atoms with Crippen LogP contribution in [-0.4, -0.2) is 38.9 Å². The predicted molar refractivity (Wildman–Crippen MR) is 87.7 cm³/mol. The average Bonchev–Trinajstić information content (AvgIpc) is 2.48. The van der Waals surface area contributed by atoms with Crippen LogP contribution in [0.1, 0.15) is 24.8 Å². The van der Waals surface area contributed by atoms with Crippen LogP contribution in [0.25, 0.3) is 6.08 Å². The minimum absolute atomic E-state index is 0.252. The molecule has 116 valence electrons. The van der Waals surface area contributed by atoms with Gasteiger partial charge in [0.15, 0.2) is 0 Å². The first-order chi connectivity index (χ1) is 9.97. The molecule has 1 aromatic carbocycles. The van der Waals surface area contributed by atoms with Crippen molar-refractivity contribution in [1.82, 2.24) is 9.62 Å². The van der Waals surface area contributed by atoms with Crippen molar-refractivity contribution in [3.05, 3.63) is 40.3 Å². The highest BCUT2D eigenvalue weighted by Crippen LogP contribution is 2.13. The Bertz CT molecular complexity index is 578. The number of sulfonamides is 1. The van der Waals surface area contributed by atoms with E-state index >= 15 is 0 Å². The fourth-order valence-electron chi connectivity index (χ4n) is 2.34. The maximum Gasteiger partial charge on any atom is 0.236 e. The summed E-state index contributed by atoms with van der Waals surface area (Å²) in [5.41, 5.74) is 0.812. The second-order valence-electron chi connectivity index (χ2n) is 5.33. The molecule has 1 saturated heterocycles. The average molecular weight is 329 g/mol. The molecule has 1 N–H and O–H groups in total. The van der Waals surface area contributed by atoms with Gasteiger partial charge < -0.3 is 5.32 Å². The Morgan fingerprint density at radius 1 is 1.33 bits per heavy atom. The van der Waals surface area contributed by atoms with Gasteiger partial charge in [0.2, 0.25) is 10.0 Å². The molecule has 0 aromatic heterocycles. The number of nitrogens with zero attached hydrogens (tertiary/aromatic N) is 1. The smallest absolute Gasteiger partial charge is 0.236 e. The maximum atomic E-state index is 12.2. The Kier molecular flexibility index (Phi) is 5.81. The normalized spacial score (nSPS) is 20.2. The Balaban J connectivity index is 1.97. The summed E-state index contributed by atoms with van der Waals surface area (Å²) in [7, 11) is -1.77. The maximum absolute atomic E-state index is 12.2. The molecule has 4 nitrogen and oxygen atoms in total. The zero-order valence-electron chi connectivity index (χ0n) is 12.1. The van der Waals surface area contributed by atoms with Crippen LogP contribution in [0.5, 0.6) is 0 Å². The van der Waals surface area contributed by atoms with E-state index in [1.54, 1.807) is 37.4 Å². The SMILES string of the molecule is CN(CC1CCCCN1)S(=O)(=O)/C=C/c1ccc(Cl)cc1. The quantitative estimate of drug-likeness (QED) is 0.904. The molecule has 1 aliphatic rings. The zero-order chi connectivity index (χ0) is 15.3. The Hall–Kier alpha value is -0.880. The van der Waals surface area contributed by atoms with Crippen molar-refractivity contribution in [3.8, 4) is 0 Å². The Labute approximate surface area is 131 Å². The lowest BCUT2D eigenvalue weighted by Gasteiger charge is -2.27. The molecule has 21 heavy (non-hydrogen) atoms. The van der Waals surface area contributed by atoms with Gasteiger partial charge in [-0.1, -0.05) is 30.2 Å². The van der Waals surface area contributed by atoms with Gasteiger partial charge in [-0.2, -0.15) is 4.31 Å². The number of likely N-dealkylation sites (N-methyl/N-ethyl adjacent to an activating group) is 1. The number of halogens is 1. The van der Waals surface area contributed by atoms with Gasteiger partial charge in [-0.25, -0.2) is 8.42 Å². The van der Waals surface area contributed by atoms with Gasteiger partial charge in [-0.15, -0.1) is 0 Å². The summed E-state index contributed by atoms with van der Waals surface area (Å²) in [4.78, 5) is 0. The Morgan fingerprint density at radius 2 is 2.05 bits per heavy atom. The van der Waals surface area contributed by atoms with Crippen molar-refractivity contribution < 1.29 is 8.42 Å². The summed E-state index contributed by atoms with van der Waals surface area (Å²) in [6.07, 6.45) is 4.95. The van der Waals surface area contributed by atoms with Crippen LogP contribution in [0.15, 0.2) is 29.7 Å². The number of hydrogen-bond donors (Lipinski definition) is 1. The van der Waals surface area contributed by atoms with Crippen molar-refractivity contribution in [1.29, 1.82) is 0 Å². The molecule has 1 unspecified atom stereocenters. The fraction of sp³-hybridized carbons (Fsp3) is 0.467. The van der Waals surface area contributed by atoms with Gasteiger partial charge >= 0.3 is 0 Å². The molecule has 6 heteroatoms. The number of piperidine rings is 1. The van der Waals surface area contributed by atoms with Gasteiger partial charge in [0.05, 0.1) is 0 Å². The highest BCUT2D eigenvalue weighted by atomic mass is 35.5. The summed E-state index contributed by atoms with van der Waals surface area (Å²) in [5, 5.41) is 5.24. The second-order valence-corrected chi connectivity index (χ2v) is 7.69. The summed E-state index contributed by atoms with van der Waals surface area (Å²) in [6, 6.07) is 7.31. The molecule has 1 fully saturated rings. The molecule has 0 spiro atoms. The Morgan fingerprint density at radius 3 is 2.67 bits per heavy atom. The summed E-state index contributed by atoms with van der Waals surface area (Å²) < 4.78 is 25.9. The molecule has 0 aliphatic carbocycles. The van der Waals surface area contributed by atoms with Crippen molar-refractivity contribution in [2.24, 2.45) is 0 Å². The molecule has 0 bridgehead atoms. The second kappa shape index (κ2) is 7.40. The van der Waals surface area contributed by atoms with Crippen LogP contribution in [0.4, 0.5) is 0 Å². The van der Waals surface area contributed by atoms with Gasteiger partial charge in [0, 0.05) is 30.1 Å². The summed E-state index contributed by atoms with van der Waals surface area (Å²) in [6.45, 7) is 1.48. The number of rotatable bonds is 5. The van der Waals surface area contributed by atoms with E-state index in [0.717, 1.165) is 24.9 Å². The van der Waals surface area contributed by atoms with E-state index in [1.165, 1.54) is 16.1 Å². The molecule has 1 aromatic rings. The first-order valence-corrected chi connectivity index (χ1v) is 8.99. The van der Waals surface area contributed by atoms with Crippen molar-refractivity contribution in [2.75, 3.05) is 20.1 Å². The fourth-order valence-corrected chi connectivity index (χ4v) is 3.39. The molecule has 2 rings (SSSR count). The minimum atomic E-state index is -3.39. The monoisotopic (exact) mass is 328 g/mol. The van der Waals surface area contributed by atoms with Crippen LogP contribution in [0.3, 0.4) is 0 Å². The van der Waals surface area contributed by atoms with Crippen LogP contribution < -0.4 is 5.32 Å². The minimum Gasteiger partial charge on any atom is -0.313 e. The molecule has 0 saturated carbocycles. The molecule has 1 heterocycles. The van der Waals surface area contributed by atoms with Crippen LogP contribution in [-0.2, 0) is 10.0 Å². The third-order valence-corrected chi connectivity index (χ3v) is 5.38. The van der Waals surface area contributed by atoms with E-state index < -0.39 is 10.0 Å². The van der Waals surface area contributed by atoms with E-state index in [0.29, 0.717) is 11.6 Å². The van der Waals surface area contributed by atoms with Crippen LogP contribution >= 0.6 is 11.6 Å². The van der Waals surface area contributed by atoms with E-state index in [1.807, 2.05) is 0 Å². The molecule has 1 atom stereocenters. The lowest BCUT2D eigenvalue weighted by atomic mass is 10.1. The summed E-state index contributed by atoms with van der Waals surface area (Å²) in [5.74, 6) is 0. The number of nitrogens with one attached hydrogen (secondary N) is 1. The lowest BCUT2D eigenvalue weighted by Crippen LogP contribution is -2.43. The molecule has 0 radical (unpaired) electrons. The van der Waals surface area contributed by atoms with Crippen LogP contribution in [0.2, 0.25) is 5.02 Å². The highest BCUT2D eigenvalue weighted by Gasteiger charge is 2.20. The van der Waals surface area contributed by atoms with Gasteiger partial charge in [0.1, 0.15) is 0 Å². The predicted octanol–water partition coefficient (Wildman–Crippen LogP) is 2.71. The topological polar surface area (TPSA) is 49.4 Å². The van der Waals surface area contributed by atoms with E-state index in [2.05, 4.69) is 5.32 Å². The first-order valence-electron chi connectivity index (χ1n) is 7.11. The van der Waals surface area contributed by atoms with Crippen molar-refractivity contribution >= 4 is 27.7 Å². The lowest BCUT2D eigenvalue weighted by molar-refractivity contribution is 0.339. The zero-order valence-corrected chi connectivity index (χ0v) is 13.7. The first kappa shape index (κ1) is 16.5. The molecule has 0 amide bonds. The third-order valence-electron chi connectivity index (χ3n) is 3.63. The van der Waals surface area contributed by atoms with Gasteiger partial charge in [-0.3, -0.25) is 0 Å². The highest BCUT2D eigenvalue weighted by molar-refractivity contribution is 7.92. The van der Waals surface area contributed by atoms with Gasteiger partial charge in [-0.05, 0) is 43.2 Å². The van der Waals surface area contributed by atoms with Crippen molar-refractivity contribution in [2.45, 2.75) is 25.3 Å². The summed E-state index contributed by atoms with van der Waals surface area (Å²) >= 11 is 5.80. The van der Waals surface area contributed by atoms with E-state index in [4.69, 9.17) is 11.6 Å². The van der Waals surface area contributed by atoms with Crippen LogP contribution in [0, 0.1) is 0 Å². The van der Waals surface area contributed by atoms with Crippen molar-refractivity contribution in [3.63, 3.8) is 0 Å². The third kappa shape index (κ3) is 5.11. The standard InChI is InChI=1S/C15H21ClN2O2S/c1-18(12-15-4-2-3-10-17-15)21(19,20)11-9-13-5-7-14(16)8-6-13/h5-9,11,15,17H,2-4,10,12H2,1H3/b11-9+. The number of benzene rings is 1. The molecule has 1 aliphatic heterocycles. The number of hydrogen-bond acceptors (Lipinski definition) is 3. The molecular formula is C15H21ClN2O2S.